The first-order valence-electron chi connectivity index (χ1n) is 11.1. The molecule has 0 radical (unpaired) electrons. The van der Waals surface area contributed by atoms with Gasteiger partial charge in [-0.1, -0.05) is 12.1 Å². The molecule has 4 unspecified atom stereocenters. The van der Waals surface area contributed by atoms with Crippen LogP contribution in [-0.2, 0) is 35.2 Å². The molecule has 1 fully saturated rings. The summed E-state index contributed by atoms with van der Waals surface area (Å²) in [6.45, 7) is 0.0648. The number of rotatable bonds is 12. The first kappa shape index (κ1) is 28.0. The minimum Gasteiger partial charge on any atom is -0.508 e. The van der Waals surface area contributed by atoms with Crippen LogP contribution < -0.4 is 22.1 Å². The Balaban J connectivity index is 2.13. The van der Waals surface area contributed by atoms with Crippen molar-refractivity contribution in [3.8, 4) is 5.75 Å². The van der Waals surface area contributed by atoms with E-state index in [1.807, 2.05) is 0 Å². The van der Waals surface area contributed by atoms with E-state index in [4.69, 9.17) is 11.5 Å². The Hall–Kier alpha value is -4.20. The third-order valence-corrected chi connectivity index (χ3v) is 5.58. The van der Waals surface area contributed by atoms with Gasteiger partial charge in [0.2, 0.25) is 23.6 Å². The number of nitrogens with one attached hydrogen (secondary N) is 2. The molecule has 14 nitrogen and oxygen atoms in total. The average Bonchev–Trinajstić information content (AvgIpc) is 3.28. The smallest absolute Gasteiger partial charge is 0.326 e. The van der Waals surface area contributed by atoms with Crippen LogP contribution in [0.4, 0.5) is 0 Å². The van der Waals surface area contributed by atoms with Crippen molar-refractivity contribution in [3.05, 3.63) is 29.8 Å². The molecule has 1 aromatic rings. The van der Waals surface area contributed by atoms with Gasteiger partial charge >= 0.3 is 11.9 Å². The van der Waals surface area contributed by atoms with Crippen molar-refractivity contribution >= 4 is 35.6 Å². The molecule has 1 aliphatic rings. The molecule has 0 saturated carbocycles. The zero-order valence-corrected chi connectivity index (χ0v) is 19.3. The topological polar surface area (TPSA) is 242 Å². The summed E-state index contributed by atoms with van der Waals surface area (Å²) in [5.74, 6) is -6.45. The fraction of sp³-hybridized carbons (Fsp3) is 0.455. The molecular weight excluding hydrogens is 478 g/mol. The summed E-state index contributed by atoms with van der Waals surface area (Å²) in [7, 11) is 0. The molecule has 1 aliphatic heterocycles. The van der Waals surface area contributed by atoms with Crippen LogP contribution in [0.25, 0.3) is 0 Å². The van der Waals surface area contributed by atoms with Crippen molar-refractivity contribution < 1.29 is 44.1 Å². The molecule has 0 bridgehead atoms. The highest BCUT2D eigenvalue weighted by Crippen LogP contribution is 2.19. The second-order valence-electron chi connectivity index (χ2n) is 8.40. The summed E-state index contributed by atoms with van der Waals surface area (Å²) in [6, 6.07) is 0.351. The number of carboxylic acids is 2. The molecule has 0 aromatic heterocycles. The maximum Gasteiger partial charge on any atom is 0.326 e. The van der Waals surface area contributed by atoms with E-state index in [1.54, 1.807) is 12.1 Å². The maximum atomic E-state index is 12.9. The molecule has 1 saturated heterocycles. The standard InChI is InChI=1S/C22H29N5O9/c23-13(8-11-3-5-12(28)6-4-11)19(32)25-14(9-17(24)29)20(33)26-15(10-18(30)31)21(34)27-7-1-2-16(27)22(35)36/h3-6,13-16,28H,1-2,7-10,23H2,(H2,24,29)(H,25,32)(H,26,33)(H,30,31)(H,35,36). The van der Waals surface area contributed by atoms with Crippen molar-refractivity contribution in [1.82, 2.24) is 15.5 Å². The van der Waals surface area contributed by atoms with Crippen LogP contribution in [0.3, 0.4) is 0 Å². The molecule has 0 aliphatic carbocycles. The Morgan fingerprint density at radius 1 is 0.972 bits per heavy atom. The zero-order chi connectivity index (χ0) is 27.0. The summed E-state index contributed by atoms with van der Waals surface area (Å²) >= 11 is 0. The van der Waals surface area contributed by atoms with Gasteiger partial charge in [-0.2, -0.15) is 0 Å². The van der Waals surface area contributed by atoms with Crippen LogP contribution >= 0.6 is 0 Å². The molecule has 4 atom stereocenters. The molecule has 1 heterocycles. The fourth-order valence-corrected chi connectivity index (χ4v) is 3.80. The van der Waals surface area contributed by atoms with Gasteiger partial charge in [0.05, 0.1) is 18.9 Å². The monoisotopic (exact) mass is 507 g/mol. The van der Waals surface area contributed by atoms with Crippen LogP contribution in [0, 0.1) is 0 Å². The van der Waals surface area contributed by atoms with Crippen molar-refractivity contribution in [1.29, 1.82) is 0 Å². The van der Waals surface area contributed by atoms with E-state index in [9.17, 15) is 44.1 Å². The van der Waals surface area contributed by atoms with Crippen molar-refractivity contribution in [2.75, 3.05) is 6.54 Å². The lowest BCUT2D eigenvalue weighted by Gasteiger charge is -2.28. The zero-order valence-electron chi connectivity index (χ0n) is 19.3. The lowest BCUT2D eigenvalue weighted by molar-refractivity contribution is -0.150. The summed E-state index contributed by atoms with van der Waals surface area (Å²) in [5, 5.41) is 32.3. The molecule has 1 aromatic carbocycles. The van der Waals surface area contributed by atoms with Crippen LogP contribution in [0.2, 0.25) is 0 Å². The quantitative estimate of drug-likeness (QED) is 0.159. The van der Waals surface area contributed by atoms with Crippen LogP contribution in [-0.4, -0.2) is 86.5 Å². The van der Waals surface area contributed by atoms with Gasteiger partial charge in [-0.25, -0.2) is 4.79 Å². The minimum atomic E-state index is -1.65. The number of phenolic OH excluding ortho intramolecular Hbond substituents is 1. The second-order valence-corrected chi connectivity index (χ2v) is 8.40. The predicted molar refractivity (Wildman–Crippen MR) is 122 cm³/mol. The number of nitrogens with zero attached hydrogens (tertiary/aromatic N) is 1. The number of primary amides is 1. The molecule has 196 valence electrons. The molecule has 14 heteroatoms. The Morgan fingerprint density at radius 3 is 2.14 bits per heavy atom. The average molecular weight is 508 g/mol. The van der Waals surface area contributed by atoms with E-state index in [0.29, 0.717) is 12.0 Å². The number of carbonyl (C=O) groups is 6. The number of amides is 4. The molecule has 36 heavy (non-hydrogen) atoms. The number of carbonyl (C=O) groups excluding carboxylic acids is 4. The maximum absolute atomic E-state index is 12.9. The highest BCUT2D eigenvalue weighted by molar-refractivity contribution is 5.97. The van der Waals surface area contributed by atoms with Gasteiger partial charge in [-0.3, -0.25) is 24.0 Å². The number of aromatic hydroxyl groups is 1. The highest BCUT2D eigenvalue weighted by atomic mass is 16.4. The number of hydrogen-bond acceptors (Lipinski definition) is 8. The second kappa shape index (κ2) is 12.5. The fourth-order valence-electron chi connectivity index (χ4n) is 3.80. The van der Waals surface area contributed by atoms with Gasteiger partial charge < -0.3 is 42.3 Å². The number of benzene rings is 1. The highest BCUT2D eigenvalue weighted by Gasteiger charge is 2.39. The third kappa shape index (κ3) is 7.94. The predicted octanol–water partition coefficient (Wildman–Crippen LogP) is -2.34. The summed E-state index contributed by atoms with van der Waals surface area (Å²) in [6.07, 6.45) is -0.934. The Kier molecular flexibility index (Phi) is 9.73. The molecular formula is C22H29N5O9. The van der Waals surface area contributed by atoms with Gasteiger partial charge in [0, 0.05) is 6.54 Å². The molecule has 9 N–H and O–H groups in total. The van der Waals surface area contributed by atoms with Crippen LogP contribution in [0.1, 0.15) is 31.2 Å². The van der Waals surface area contributed by atoms with E-state index >= 15 is 0 Å². The van der Waals surface area contributed by atoms with E-state index in [1.165, 1.54) is 12.1 Å². The largest absolute Gasteiger partial charge is 0.508 e. The van der Waals surface area contributed by atoms with Gasteiger partial charge in [-0.15, -0.1) is 0 Å². The third-order valence-electron chi connectivity index (χ3n) is 5.58. The van der Waals surface area contributed by atoms with E-state index in [2.05, 4.69) is 10.6 Å². The van der Waals surface area contributed by atoms with Gasteiger partial charge in [0.1, 0.15) is 23.9 Å². The normalized spacial score (nSPS) is 17.5. The van der Waals surface area contributed by atoms with Crippen LogP contribution in [0.15, 0.2) is 24.3 Å². The number of hydrogen-bond donors (Lipinski definition) is 7. The lowest BCUT2D eigenvalue weighted by Crippen LogP contribution is -2.58. The van der Waals surface area contributed by atoms with E-state index in [-0.39, 0.29) is 25.1 Å². The number of phenols is 1. The van der Waals surface area contributed by atoms with E-state index < -0.39 is 72.6 Å². The Morgan fingerprint density at radius 2 is 1.58 bits per heavy atom. The summed E-state index contributed by atoms with van der Waals surface area (Å²) in [5.41, 5.74) is 11.7. The first-order valence-corrected chi connectivity index (χ1v) is 11.1. The minimum absolute atomic E-state index is 0.0176. The van der Waals surface area contributed by atoms with Gasteiger partial charge in [0.25, 0.3) is 0 Å². The summed E-state index contributed by atoms with van der Waals surface area (Å²) in [4.78, 5) is 73.6. The summed E-state index contributed by atoms with van der Waals surface area (Å²) < 4.78 is 0. The Bertz CT molecular complexity index is 1010. The number of nitrogens with two attached hydrogens (primary N) is 2. The SMILES string of the molecule is NC(=O)CC(NC(=O)C(N)Cc1ccc(O)cc1)C(=O)NC(CC(=O)O)C(=O)N1CCCC1C(=O)O. The van der Waals surface area contributed by atoms with Gasteiger partial charge in [0.15, 0.2) is 0 Å². The van der Waals surface area contributed by atoms with Crippen LogP contribution in [0.5, 0.6) is 5.75 Å². The molecule has 2 rings (SSSR count). The van der Waals surface area contributed by atoms with Crippen molar-refractivity contribution in [2.45, 2.75) is 56.3 Å². The number of likely N-dealkylation sites (tertiary alicyclic amines) is 1. The molecule has 4 amide bonds. The molecule has 0 spiro atoms. The number of carboxylic acid groups (broad SMARTS) is 2. The lowest BCUT2D eigenvalue weighted by atomic mass is 10.0. The van der Waals surface area contributed by atoms with Crippen molar-refractivity contribution in [2.24, 2.45) is 11.5 Å². The first-order chi connectivity index (χ1) is 16.9. The Labute approximate surface area is 205 Å². The van der Waals surface area contributed by atoms with Gasteiger partial charge in [-0.05, 0) is 37.0 Å². The number of aliphatic carboxylic acids is 2. The van der Waals surface area contributed by atoms with E-state index in [0.717, 1.165) is 4.90 Å². The van der Waals surface area contributed by atoms with Crippen molar-refractivity contribution in [3.63, 3.8) is 0 Å².